The molecule has 0 heterocycles. The van der Waals surface area contributed by atoms with Gasteiger partial charge >= 0.3 is 11.9 Å². The van der Waals surface area contributed by atoms with E-state index in [2.05, 4.69) is 10.6 Å². The van der Waals surface area contributed by atoms with Gasteiger partial charge in [0.2, 0.25) is 0 Å². The fourth-order valence-corrected chi connectivity index (χ4v) is 2.64. The van der Waals surface area contributed by atoms with E-state index in [0.717, 1.165) is 5.56 Å². The van der Waals surface area contributed by atoms with E-state index >= 15 is 0 Å². The molecule has 6 nitrogen and oxygen atoms in total. The first kappa shape index (κ1) is 21.7. The van der Waals surface area contributed by atoms with Crippen LogP contribution in [0.25, 0.3) is 0 Å². The third kappa shape index (κ3) is 6.21. The molecule has 0 fully saturated rings. The number of thiocarbonyl (C=S) groups is 1. The number of rotatable bonds is 7. The quantitative estimate of drug-likeness (QED) is 0.514. The number of anilines is 1. The van der Waals surface area contributed by atoms with Crippen LogP contribution in [0, 0.1) is 0 Å². The molecule has 0 spiro atoms. The van der Waals surface area contributed by atoms with Crippen LogP contribution >= 0.6 is 23.8 Å². The van der Waals surface area contributed by atoms with Gasteiger partial charge < -0.3 is 20.1 Å². The Morgan fingerprint density at radius 2 is 1.64 bits per heavy atom. The topological polar surface area (TPSA) is 76.7 Å². The fourth-order valence-electron chi connectivity index (χ4n) is 2.33. The van der Waals surface area contributed by atoms with E-state index < -0.39 is 11.9 Å². The SMILES string of the molecule is CCOC(=O)c1ccc(C(=O)OCC)c(NC(=S)NCc2ccc(Cl)cc2)c1. The van der Waals surface area contributed by atoms with Crippen LogP contribution in [0.2, 0.25) is 5.02 Å². The van der Waals surface area contributed by atoms with Crippen molar-refractivity contribution in [1.82, 2.24) is 5.32 Å². The molecule has 2 aromatic rings. The molecule has 0 saturated carbocycles. The van der Waals surface area contributed by atoms with E-state index in [9.17, 15) is 9.59 Å². The Morgan fingerprint density at radius 1 is 1.00 bits per heavy atom. The van der Waals surface area contributed by atoms with Crippen molar-refractivity contribution < 1.29 is 19.1 Å². The molecule has 0 aromatic heterocycles. The van der Waals surface area contributed by atoms with Crippen LogP contribution in [0.3, 0.4) is 0 Å². The average molecular weight is 421 g/mol. The van der Waals surface area contributed by atoms with Gasteiger partial charge in [-0.25, -0.2) is 9.59 Å². The molecule has 0 bridgehead atoms. The zero-order chi connectivity index (χ0) is 20.5. The van der Waals surface area contributed by atoms with Crippen LogP contribution in [0.1, 0.15) is 40.1 Å². The summed E-state index contributed by atoms with van der Waals surface area (Å²) in [4.78, 5) is 24.2. The van der Waals surface area contributed by atoms with E-state index in [-0.39, 0.29) is 18.8 Å². The summed E-state index contributed by atoms with van der Waals surface area (Å²) in [6, 6.07) is 11.9. The molecule has 0 unspecified atom stereocenters. The maximum absolute atomic E-state index is 12.2. The average Bonchev–Trinajstić information content (AvgIpc) is 2.68. The van der Waals surface area contributed by atoms with Gasteiger partial charge in [-0.2, -0.15) is 0 Å². The van der Waals surface area contributed by atoms with Gasteiger partial charge in [-0.15, -0.1) is 0 Å². The first-order valence-corrected chi connectivity index (χ1v) is 9.50. The Labute approximate surface area is 174 Å². The van der Waals surface area contributed by atoms with Crippen LogP contribution in [-0.4, -0.2) is 30.3 Å². The number of nitrogens with one attached hydrogen (secondary N) is 2. The van der Waals surface area contributed by atoms with Crippen LogP contribution < -0.4 is 10.6 Å². The minimum atomic E-state index is -0.513. The molecule has 2 N–H and O–H groups in total. The first-order chi connectivity index (χ1) is 13.4. The molecule has 148 valence electrons. The van der Waals surface area contributed by atoms with Gasteiger partial charge in [-0.05, 0) is 62.0 Å². The standard InChI is InChI=1S/C20H21ClN2O4S/c1-3-26-18(24)14-7-10-16(19(25)27-4-2)17(11-14)23-20(28)22-12-13-5-8-15(21)9-6-13/h5-11H,3-4,12H2,1-2H3,(H2,22,23,28). The highest BCUT2D eigenvalue weighted by Crippen LogP contribution is 2.20. The molecule has 0 atom stereocenters. The zero-order valence-corrected chi connectivity index (χ0v) is 17.2. The smallest absolute Gasteiger partial charge is 0.340 e. The lowest BCUT2D eigenvalue weighted by Gasteiger charge is -2.15. The molecular weight excluding hydrogens is 400 g/mol. The Bertz CT molecular complexity index is 856. The van der Waals surface area contributed by atoms with Crippen LogP contribution in [-0.2, 0) is 16.0 Å². The maximum atomic E-state index is 12.2. The van der Waals surface area contributed by atoms with Crippen LogP contribution in [0.15, 0.2) is 42.5 Å². The second kappa shape index (κ2) is 10.6. The lowest BCUT2D eigenvalue weighted by atomic mass is 10.1. The second-order valence-corrected chi connectivity index (χ2v) is 6.48. The van der Waals surface area contributed by atoms with Gasteiger partial charge in [-0.3, -0.25) is 0 Å². The Morgan fingerprint density at radius 3 is 2.29 bits per heavy atom. The summed E-state index contributed by atoms with van der Waals surface area (Å²) in [7, 11) is 0. The first-order valence-electron chi connectivity index (χ1n) is 8.72. The summed E-state index contributed by atoms with van der Waals surface area (Å²) in [6.45, 7) is 4.39. The minimum absolute atomic E-state index is 0.233. The number of benzene rings is 2. The molecule has 28 heavy (non-hydrogen) atoms. The Balaban J connectivity index is 2.15. The van der Waals surface area contributed by atoms with Crippen molar-refractivity contribution in [2.24, 2.45) is 0 Å². The highest BCUT2D eigenvalue weighted by Gasteiger charge is 2.17. The predicted octanol–water partition coefficient (Wildman–Crippen LogP) is 4.18. The number of esters is 2. The normalized spacial score (nSPS) is 10.1. The summed E-state index contributed by atoms with van der Waals surface area (Å²) in [5.74, 6) is -0.998. The monoisotopic (exact) mass is 420 g/mol. The lowest BCUT2D eigenvalue weighted by molar-refractivity contribution is 0.0512. The molecule has 0 radical (unpaired) electrons. The largest absolute Gasteiger partial charge is 0.462 e. The Kier molecular flexibility index (Phi) is 8.22. The van der Waals surface area contributed by atoms with Crippen molar-refractivity contribution in [1.29, 1.82) is 0 Å². The predicted molar refractivity (Wildman–Crippen MR) is 113 cm³/mol. The van der Waals surface area contributed by atoms with E-state index in [1.807, 2.05) is 12.1 Å². The highest BCUT2D eigenvalue weighted by molar-refractivity contribution is 7.80. The molecule has 8 heteroatoms. The van der Waals surface area contributed by atoms with Crippen molar-refractivity contribution in [2.45, 2.75) is 20.4 Å². The minimum Gasteiger partial charge on any atom is -0.462 e. The van der Waals surface area contributed by atoms with Crippen molar-refractivity contribution in [3.63, 3.8) is 0 Å². The summed E-state index contributed by atoms with van der Waals surface area (Å²) < 4.78 is 10.1. The summed E-state index contributed by atoms with van der Waals surface area (Å²) in [5, 5.41) is 6.95. The van der Waals surface area contributed by atoms with Crippen molar-refractivity contribution in [3.05, 3.63) is 64.2 Å². The van der Waals surface area contributed by atoms with Crippen molar-refractivity contribution in [2.75, 3.05) is 18.5 Å². The molecular formula is C20H21ClN2O4S. The van der Waals surface area contributed by atoms with Gasteiger partial charge in [-0.1, -0.05) is 23.7 Å². The zero-order valence-electron chi connectivity index (χ0n) is 15.6. The number of carbonyl (C=O) groups is 2. The van der Waals surface area contributed by atoms with Crippen LogP contribution in [0.5, 0.6) is 0 Å². The van der Waals surface area contributed by atoms with Crippen molar-refractivity contribution >= 4 is 46.6 Å². The highest BCUT2D eigenvalue weighted by atomic mass is 35.5. The molecule has 0 aliphatic carbocycles. The van der Waals surface area contributed by atoms with Gasteiger partial charge in [0.1, 0.15) is 0 Å². The summed E-state index contributed by atoms with van der Waals surface area (Å²) >= 11 is 11.2. The maximum Gasteiger partial charge on any atom is 0.340 e. The molecule has 0 amide bonds. The summed E-state index contributed by atoms with van der Waals surface area (Å²) in [6.07, 6.45) is 0. The fraction of sp³-hybridized carbons (Fsp3) is 0.250. The molecule has 2 rings (SSSR count). The van der Waals surface area contributed by atoms with E-state index in [4.69, 9.17) is 33.3 Å². The van der Waals surface area contributed by atoms with E-state index in [0.29, 0.717) is 27.9 Å². The van der Waals surface area contributed by atoms with E-state index in [1.54, 1.807) is 26.0 Å². The number of hydrogen-bond acceptors (Lipinski definition) is 5. The molecule has 2 aromatic carbocycles. The number of carbonyl (C=O) groups excluding carboxylic acids is 2. The van der Waals surface area contributed by atoms with Gasteiger partial charge in [0, 0.05) is 11.6 Å². The van der Waals surface area contributed by atoms with Gasteiger partial charge in [0.25, 0.3) is 0 Å². The number of hydrogen-bond donors (Lipinski definition) is 2. The second-order valence-electron chi connectivity index (χ2n) is 5.64. The lowest BCUT2D eigenvalue weighted by Crippen LogP contribution is -2.29. The van der Waals surface area contributed by atoms with Gasteiger partial charge in [0.05, 0.1) is 30.0 Å². The van der Waals surface area contributed by atoms with Crippen molar-refractivity contribution in [3.8, 4) is 0 Å². The molecule has 0 saturated heterocycles. The molecule has 0 aliphatic heterocycles. The Hall–Kier alpha value is -2.64. The third-order valence-corrected chi connectivity index (χ3v) is 4.14. The number of halogens is 1. The van der Waals surface area contributed by atoms with Gasteiger partial charge in [0.15, 0.2) is 5.11 Å². The third-order valence-electron chi connectivity index (χ3n) is 3.64. The van der Waals surface area contributed by atoms with Crippen LogP contribution in [0.4, 0.5) is 5.69 Å². The number of ether oxygens (including phenoxy) is 2. The molecule has 0 aliphatic rings. The summed E-state index contributed by atoms with van der Waals surface area (Å²) in [5.41, 5.74) is 1.92. The van der Waals surface area contributed by atoms with E-state index in [1.165, 1.54) is 18.2 Å².